The maximum absolute atomic E-state index is 13.8. The van der Waals surface area contributed by atoms with E-state index in [1.165, 1.54) is 27.8 Å². The number of thiazole rings is 1. The molecule has 2 heterocycles. The summed E-state index contributed by atoms with van der Waals surface area (Å²) >= 11 is 1.44. The highest BCUT2D eigenvalue weighted by atomic mass is 32.2. The summed E-state index contributed by atoms with van der Waals surface area (Å²) in [4.78, 5) is 22.7. The van der Waals surface area contributed by atoms with Crippen molar-refractivity contribution in [2.24, 2.45) is 0 Å². The van der Waals surface area contributed by atoms with E-state index in [9.17, 15) is 13.2 Å². The maximum atomic E-state index is 13.8. The van der Waals surface area contributed by atoms with Crippen LogP contribution in [0, 0.1) is 0 Å². The number of anilines is 2. The van der Waals surface area contributed by atoms with E-state index in [2.05, 4.69) is 18.7 Å². The van der Waals surface area contributed by atoms with E-state index < -0.39 is 10.0 Å². The maximum Gasteiger partial charge on any atom is 0.264 e. The molecular formula is C29H32N4O4S2. The molecule has 10 heteroatoms. The van der Waals surface area contributed by atoms with E-state index in [4.69, 9.17) is 9.72 Å². The molecule has 0 bridgehead atoms. The standard InChI is InChI=1S/C29H32N4O4S2/c1-4-31(5-2)18-19-32(29-30-25-15-12-23(37-3)20-27(25)38-29)28(34)22-10-13-24(14-11-22)39(35,36)33-17-16-21-8-6-7-9-26(21)33/h6-15,20H,4-5,16-19H2,1-3H3. The number of carbonyl (C=O) groups is 1. The van der Waals surface area contributed by atoms with E-state index in [-0.39, 0.29) is 10.8 Å². The Morgan fingerprint density at radius 2 is 1.77 bits per heavy atom. The molecule has 0 aliphatic carbocycles. The number of hydrogen-bond acceptors (Lipinski definition) is 7. The van der Waals surface area contributed by atoms with Gasteiger partial charge >= 0.3 is 0 Å². The van der Waals surface area contributed by atoms with Crippen molar-refractivity contribution in [2.45, 2.75) is 25.2 Å². The van der Waals surface area contributed by atoms with Crippen molar-refractivity contribution < 1.29 is 17.9 Å². The van der Waals surface area contributed by atoms with Crippen molar-refractivity contribution in [1.29, 1.82) is 0 Å². The lowest BCUT2D eigenvalue weighted by atomic mass is 10.2. The number of nitrogens with zero attached hydrogens (tertiary/aromatic N) is 4. The van der Waals surface area contributed by atoms with Gasteiger partial charge in [0.2, 0.25) is 0 Å². The van der Waals surface area contributed by atoms with Crippen molar-refractivity contribution >= 4 is 48.3 Å². The minimum atomic E-state index is -3.74. The fraction of sp³-hybridized carbons (Fsp3) is 0.310. The largest absolute Gasteiger partial charge is 0.497 e. The Labute approximate surface area is 233 Å². The molecule has 0 spiro atoms. The first-order valence-electron chi connectivity index (χ1n) is 13.0. The van der Waals surface area contributed by atoms with Gasteiger partial charge in [0.05, 0.1) is 27.9 Å². The molecule has 0 radical (unpaired) electrons. The van der Waals surface area contributed by atoms with Gasteiger partial charge < -0.3 is 9.64 Å². The molecule has 5 rings (SSSR count). The normalized spacial score (nSPS) is 13.2. The SMILES string of the molecule is CCN(CC)CCN(C(=O)c1ccc(S(=O)(=O)N2CCc3ccccc32)cc1)c1nc2ccc(OC)cc2s1. The quantitative estimate of drug-likeness (QED) is 0.268. The average molecular weight is 565 g/mol. The minimum absolute atomic E-state index is 0.164. The molecule has 1 aliphatic rings. The molecule has 4 aromatic rings. The van der Waals surface area contributed by atoms with Crippen molar-refractivity contribution in [3.8, 4) is 5.75 Å². The van der Waals surface area contributed by atoms with Crippen LogP contribution in [0.5, 0.6) is 5.75 Å². The lowest BCUT2D eigenvalue weighted by molar-refractivity contribution is 0.0983. The van der Waals surface area contributed by atoms with Crippen LogP contribution in [0.1, 0.15) is 29.8 Å². The van der Waals surface area contributed by atoms with Gasteiger partial charge in [-0.15, -0.1) is 0 Å². The first-order chi connectivity index (χ1) is 18.8. The van der Waals surface area contributed by atoms with E-state index in [1.54, 1.807) is 24.1 Å². The van der Waals surface area contributed by atoms with E-state index >= 15 is 0 Å². The third-order valence-corrected chi connectivity index (χ3v) is 10.00. The van der Waals surface area contributed by atoms with Crippen LogP contribution in [0.3, 0.4) is 0 Å². The van der Waals surface area contributed by atoms with Crippen LogP contribution in [-0.4, -0.2) is 64.0 Å². The first kappa shape index (κ1) is 27.1. The zero-order valence-corrected chi connectivity index (χ0v) is 24.0. The summed E-state index contributed by atoms with van der Waals surface area (Å²) in [6, 6.07) is 19.4. The molecule has 0 unspecified atom stereocenters. The van der Waals surface area contributed by atoms with Crippen molar-refractivity contribution in [3.05, 3.63) is 77.9 Å². The molecule has 0 atom stereocenters. The van der Waals surface area contributed by atoms with Crippen LogP contribution in [0.15, 0.2) is 71.6 Å². The third-order valence-electron chi connectivity index (χ3n) is 7.13. The topological polar surface area (TPSA) is 83.1 Å². The van der Waals surface area contributed by atoms with Crippen LogP contribution >= 0.6 is 11.3 Å². The van der Waals surface area contributed by atoms with Crippen LogP contribution in [0.2, 0.25) is 0 Å². The molecule has 0 saturated carbocycles. The highest BCUT2D eigenvalue weighted by Crippen LogP contribution is 2.34. The second-order valence-electron chi connectivity index (χ2n) is 9.29. The van der Waals surface area contributed by atoms with Gasteiger partial charge in [0.15, 0.2) is 5.13 Å². The summed E-state index contributed by atoms with van der Waals surface area (Å²) in [6.45, 7) is 7.50. The Balaban J connectivity index is 1.43. The van der Waals surface area contributed by atoms with Crippen molar-refractivity contribution in [2.75, 3.05) is 49.0 Å². The summed E-state index contributed by atoms with van der Waals surface area (Å²) in [6.07, 6.45) is 0.682. The second kappa shape index (κ2) is 11.3. The molecule has 39 heavy (non-hydrogen) atoms. The Morgan fingerprint density at radius 1 is 1.03 bits per heavy atom. The molecular weight excluding hydrogens is 532 g/mol. The monoisotopic (exact) mass is 564 g/mol. The molecule has 1 aromatic heterocycles. The lowest BCUT2D eigenvalue weighted by Crippen LogP contribution is -2.39. The van der Waals surface area contributed by atoms with Gasteiger partial charge in [-0.05, 0) is 73.6 Å². The van der Waals surface area contributed by atoms with Crippen LogP contribution in [0.25, 0.3) is 10.2 Å². The number of methoxy groups -OCH3 is 1. The highest BCUT2D eigenvalue weighted by Gasteiger charge is 2.31. The number of fused-ring (bicyclic) bond motifs is 2. The van der Waals surface area contributed by atoms with E-state index in [0.717, 1.165) is 34.6 Å². The minimum Gasteiger partial charge on any atom is -0.497 e. The first-order valence-corrected chi connectivity index (χ1v) is 15.3. The molecule has 1 aliphatic heterocycles. The van der Waals surface area contributed by atoms with Gasteiger partial charge in [-0.1, -0.05) is 43.4 Å². The fourth-order valence-electron chi connectivity index (χ4n) is 4.81. The Hall–Kier alpha value is -3.47. The van der Waals surface area contributed by atoms with Crippen LogP contribution < -0.4 is 13.9 Å². The number of benzene rings is 3. The van der Waals surface area contributed by atoms with Gasteiger partial charge in [0.25, 0.3) is 15.9 Å². The van der Waals surface area contributed by atoms with E-state index in [1.807, 2.05) is 42.5 Å². The molecule has 8 nitrogen and oxygen atoms in total. The lowest BCUT2D eigenvalue weighted by Gasteiger charge is -2.25. The molecule has 0 saturated heterocycles. The number of ether oxygens (including phenoxy) is 1. The number of sulfonamides is 1. The zero-order chi connectivity index (χ0) is 27.6. The third kappa shape index (κ3) is 5.36. The fourth-order valence-corrected chi connectivity index (χ4v) is 7.33. The second-order valence-corrected chi connectivity index (χ2v) is 12.2. The molecule has 204 valence electrons. The molecule has 3 aromatic carbocycles. The summed E-state index contributed by atoms with van der Waals surface area (Å²) in [5, 5.41) is 0.598. The van der Waals surface area contributed by atoms with Gasteiger partial charge in [0, 0.05) is 25.2 Å². The van der Waals surface area contributed by atoms with Gasteiger partial charge in [-0.25, -0.2) is 13.4 Å². The number of likely N-dealkylation sites (N-methyl/N-ethyl adjacent to an activating group) is 1. The van der Waals surface area contributed by atoms with Gasteiger partial charge in [-0.3, -0.25) is 14.0 Å². The predicted molar refractivity (Wildman–Crippen MR) is 157 cm³/mol. The smallest absolute Gasteiger partial charge is 0.264 e. The van der Waals surface area contributed by atoms with Gasteiger partial charge in [0.1, 0.15) is 5.75 Å². The summed E-state index contributed by atoms with van der Waals surface area (Å²) < 4.78 is 34.6. The number of amides is 1. The Kier molecular flexibility index (Phi) is 7.88. The predicted octanol–water partition coefficient (Wildman–Crippen LogP) is 5.04. The Morgan fingerprint density at radius 3 is 2.49 bits per heavy atom. The van der Waals surface area contributed by atoms with Gasteiger partial charge in [-0.2, -0.15) is 0 Å². The number of hydrogen-bond donors (Lipinski definition) is 0. The highest BCUT2D eigenvalue weighted by molar-refractivity contribution is 7.92. The summed E-state index contributed by atoms with van der Waals surface area (Å²) in [5.74, 6) is 0.514. The van der Waals surface area contributed by atoms with Crippen molar-refractivity contribution in [3.63, 3.8) is 0 Å². The van der Waals surface area contributed by atoms with Crippen molar-refractivity contribution in [1.82, 2.24) is 9.88 Å². The summed E-state index contributed by atoms with van der Waals surface area (Å²) in [5.41, 5.74) is 2.94. The number of para-hydroxylation sites is 1. The zero-order valence-electron chi connectivity index (χ0n) is 22.3. The molecule has 1 amide bonds. The number of carbonyl (C=O) groups excluding carboxylic acids is 1. The number of rotatable bonds is 10. The van der Waals surface area contributed by atoms with E-state index in [0.29, 0.717) is 42.4 Å². The molecule has 0 fully saturated rings. The summed E-state index contributed by atoms with van der Waals surface area (Å²) in [7, 11) is -2.12. The molecule has 0 N–H and O–H groups in total. The van der Waals surface area contributed by atoms with Crippen LogP contribution in [-0.2, 0) is 16.4 Å². The average Bonchev–Trinajstić information content (AvgIpc) is 3.59. The Bertz CT molecular complexity index is 1580. The van der Waals surface area contributed by atoms with Crippen LogP contribution in [0.4, 0.5) is 10.8 Å². The number of aromatic nitrogens is 1.